The molecule has 2 N–H and O–H groups in total. The molecule has 2 aromatic heterocycles. The van der Waals surface area contributed by atoms with Crippen LogP contribution in [0.25, 0.3) is 10.2 Å². The van der Waals surface area contributed by atoms with Crippen molar-refractivity contribution >= 4 is 45.1 Å². The molecule has 0 saturated carbocycles. The van der Waals surface area contributed by atoms with Gasteiger partial charge in [-0.25, -0.2) is 4.98 Å². The van der Waals surface area contributed by atoms with Crippen molar-refractivity contribution in [2.75, 3.05) is 23.8 Å². The molecule has 0 radical (unpaired) electrons. The third-order valence-corrected chi connectivity index (χ3v) is 4.03. The normalized spacial score (nSPS) is 19.3. The van der Waals surface area contributed by atoms with Gasteiger partial charge in [0.05, 0.1) is 11.9 Å². The molecule has 0 spiro atoms. The molecule has 1 atom stereocenters. The first-order valence-electron chi connectivity index (χ1n) is 6.13. The number of nitrogens with zero attached hydrogens (tertiary/aromatic N) is 3. The van der Waals surface area contributed by atoms with Gasteiger partial charge in [0.1, 0.15) is 16.7 Å². The minimum atomic E-state index is -0.449. The SMILES string of the molecule is CNc1nc(N2CC(=O)NC(=O)C2C)c2ccsc2n1. The maximum absolute atomic E-state index is 11.8. The van der Waals surface area contributed by atoms with Gasteiger partial charge in [0.2, 0.25) is 17.8 Å². The summed E-state index contributed by atoms with van der Waals surface area (Å²) in [5, 5.41) is 7.99. The standard InChI is InChI=1S/C12H13N5O2S/c1-6-10(19)14-8(18)5-17(6)9-7-3-4-20-11(7)16-12(13-2)15-9/h3-4,6H,5H2,1-2H3,(H,13,15,16)(H,14,18,19). The topological polar surface area (TPSA) is 87.2 Å². The van der Waals surface area contributed by atoms with E-state index in [4.69, 9.17) is 0 Å². The van der Waals surface area contributed by atoms with Gasteiger partial charge in [-0.15, -0.1) is 11.3 Å². The first-order chi connectivity index (χ1) is 9.60. The van der Waals surface area contributed by atoms with Crippen molar-refractivity contribution in [3.8, 4) is 0 Å². The molecule has 1 fully saturated rings. The molecule has 1 unspecified atom stereocenters. The molecule has 8 heteroatoms. The molecule has 20 heavy (non-hydrogen) atoms. The lowest BCUT2D eigenvalue weighted by atomic mass is 10.2. The summed E-state index contributed by atoms with van der Waals surface area (Å²) in [6.07, 6.45) is 0. The van der Waals surface area contributed by atoms with Gasteiger partial charge in [-0.2, -0.15) is 4.98 Å². The van der Waals surface area contributed by atoms with Crippen LogP contribution >= 0.6 is 11.3 Å². The predicted molar refractivity (Wildman–Crippen MR) is 76.9 cm³/mol. The van der Waals surface area contributed by atoms with Crippen LogP contribution in [0, 0.1) is 0 Å². The molecule has 3 rings (SSSR count). The van der Waals surface area contributed by atoms with E-state index in [9.17, 15) is 9.59 Å². The number of fused-ring (bicyclic) bond motifs is 1. The van der Waals surface area contributed by atoms with E-state index in [1.54, 1.807) is 18.9 Å². The Morgan fingerprint density at radius 3 is 3.00 bits per heavy atom. The maximum Gasteiger partial charge on any atom is 0.249 e. The summed E-state index contributed by atoms with van der Waals surface area (Å²) in [5.74, 6) is 0.451. The Hall–Kier alpha value is -2.22. The van der Waals surface area contributed by atoms with Crippen molar-refractivity contribution in [3.05, 3.63) is 11.4 Å². The molecule has 1 saturated heterocycles. The van der Waals surface area contributed by atoms with Crippen LogP contribution in [-0.2, 0) is 9.59 Å². The van der Waals surface area contributed by atoms with Gasteiger partial charge < -0.3 is 10.2 Å². The minimum absolute atomic E-state index is 0.109. The quantitative estimate of drug-likeness (QED) is 0.787. The van der Waals surface area contributed by atoms with Crippen molar-refractivity contribution in [2.24, 2.45) is 0 Å². The van der Waals surface area contributed by atoms with E-state index < -0.39 is 6.04 Å². The van der Waals surface area contributed by atoms with Crippen molar-refractivity contribution < 1.29 is 9.59 Å². The number of anilines is 2. The number of amides is 2. The lowest BCUT2D eigenvalue weighted by Gasteiger charge is -2.33. The number of hydrogen-bond acceptors (Lipinski definition) is 7. The maximum atomic E-state index is 11.8. The first kappa shape index (κ1) is 12.8. The summed E-state index contributed by atoms with van der Waals surface area (Å²) in [5.41, 5.74) is 0. The molecule has 104 valence electrons. The Labute approximate surface area is 119 Å². The zero-order valence-corrected chi connectivity index (χ0v) is 11.8. The van der Waals surface area contributed by atoms with E-state index in [2.05, 4.69) is 20.6 Å². The van der Waals surface area contributed by atoms with E-state index in [0.29, 0.717) is 11.8 Å². The Bertz CT molecular complexity index is 698. The minimum Gasteiger partial charge on any atom is -0.357 e. The predicted octanol–water partition coefficient (Wildman–Crippen LogP) is 0.584. The fourth-order valence-corrected chi connectivity index (χ4v) is 2.90. The molecule has 1 aliphatic heterocycles. The van der Waals surface area contributed by atoms with Crippen LogP contribution in [0.5, 0.6) is 0 Å². The van der Waals surface area contributed by atoms with E-state index in [-0.39, 0.29) is 18.4 Å². The monoisotopic (exact) mass is 291 g/mol. The number of thiophene rings is 1. The zero-order chi connectivity index (χ0) is 14.3. The number of nitrogens with one attached hydrogen (secondary N) is 2. The van der Waals surface area contributed by atoms with Crippen molar-refractivity contribution in [2.45, 2.75) is 13.0 Å². The molecule has 0 aliphatic carbocycles. The van der Waals surface area contributed by atoms with Gasteiger partial charge in [-0.05, 0) is 18.4 Å². The zero-order valence-electron chi connectivity index (χ0n) is 11.0. The Balaban J connectivity index is 2.14. The second-order valence-corrected chi connectivity index (χ2v) is 5.37. The smallest absolute Gasteiger partial charge is 0.249 e. The van der Waals surface area contributed by atoms with Crippen LogP contribution < -0.4 is 15.5 Å². The van der Waals surface area contributed by atoms with Gasteiger partial charge in [0, 0.05) is 7.05 Å². The van der Waals surface area contributed by atoms with Crippen LogP contribution in [0.4, 0.5) is 11.8 Å². The highest BCUT2D eigenvalue weighted by molar-refractivity contribution is 7.16. The summed E-state index contributed by atoms with van der Waals surface area (Å²) in [6, 6.07) is 1.45. The molecule has 3 heterocycles. The summed E-state index contributed by atoms with van der Waals surface area (Å²) >= 11 is 1.49. The second kappa shape index (κ2) is 4.71. The lowest BCUT2D eigenvalue weighted by molar-refractivity contribution is -0.132. The summed E-state index contributed by atoms with van der Waals surface area (Å²) < 4.78 is 0. The lowest BCUT2D eigenvalue weighted by Crippen LogP contribution is -2.57. The number of piperazine rings is 1. The number of rotatable bonds is 2. The summed E-state index contributed by atoms with van der Waals surface area (Å²) in [4.78, 5) is 34.7. The molecule has 2 aromatic rings. The Kier molecular flexibility index (Phi) is 3.01. The Morgan fingerprint density at radius 1 is 1.45 bits per heavy atom. The third kappa shape index (κ3) is 1.97. The molecule has 7 nitrogen and oxygen atoms in total. The largest absolute Gasteiger partial charge is 0.357 e. The number of imide groups is 1. The van der Waals surface area contributed by atoms with Gasteiger partial charge >= 0.3 is 0 Å². The summed E-state index contributed by atoms with van der Waals surface area (Å²) in [7, 11) is 1.73. The van der Waals surface area contributed by atoms with Gasteiger partial charge in [0.25, 0.3) is 0 Å². The summed E-state index contributed by atoms with van der Waals surface area (Å²) in [6.45, 7) is 1.86. The van der Waals surface area contributed by atoms with Crippen molar-refractivity contribution in [3.63, 3.8) is 0 Å². The van der Waals surface area contributed by atoms with Crippen LogP contribution in [0.15, 0.2) is 11.4 Å². The highest BCUT2D eigenvalue weighted by atomic mass is 32.1. The van der Waals surface area contributed by atoms with E-state index in [0.717, 1.165) is 10.2 Å². The van der Waals surface area contributed by atoms with Gasteiger partial charge in [0.15, 0.2) is 0 Å². The molecular weight excluding hydrogens is 278 g/mol. The number of carbonyl (C=O) groups is 2. The first-order valence-corrected chi connectivity index (χ1v) is 7.01. The molecule has 0 aromatic carbocycles. The molecule has 1 aliphatic rings. The van der Waals surface area contributed by atoms with E-state index in [1.165, 1.54) is 11.3 Å². The van der Waals surface area contributed by atoms with Gasteiger partial charge in [-0.3, -0.25) is 14.9 Å². The van der Waals surface area contributed by atoms with Crippen LogP contribution in [-0.4, -0.2) is 41.4 Å². The highest BCUT2D eigenvalue weighted by Gasteiger charge is 2.32. The average Bonchev–Trinajstić information content (AvgIpc) is 2.90. The number of hydrogen-bond donors (Lipinski definition) is 2. The van der Waals surface area contributed by atoms with E-state index >= 15 is 0 Å². The van der Waals surface area contributed by atoms with Crippen LogP contribution in [0.1, 0.15) is 6.92 Å². The number of aromatic nitrogens is 2. The number of carbonyl (C=O) groups excluding carboxylic acids is 2. The van der Waals surface area contributed by atoms with Crippen molar-refractivity contribution in [1.29, 1.82) is 0 Å². The Morgan fingerprint density at radius 2 is 2.25 bits per heavy atom. The third-order valence-electron chi connectivity index (χ3n) is 3.22. The van der Waals surface area contributed by atoms with E-state index in [1.807, 2.05) is 11.4 Å². The fraction of sp³-hybridized carbons (Fsp3) is 0.333. The molecule has 2 amide bonds. The van der Waals surface area contributed by atoms with Crippen LogP contribution in [0.2, 0.25) is 0 Å². The van der Waals surface area contributed by atoms with Crippen LogP contribution in [0.3, 0.4) is 0 Å². The van der Waals surface area contributed by atoms with Gasteiger partial charge in [-0.1, -0.05) is 0 Å². The van der Waals surface area contributed by atoms with Crippen molar-refractivity contribution in [1.82, 2.24) is 15.3 Å². The highest BCUT2D eigenvalue weighted by Crippen LogP contribution is 2.30. The average molecular weight is 291 g/mol. The fourth-order valence-electron chi connectivity index (χ4n) is 2.14. The second-order valence-electron chi connectivity index (χ2n) is 4.48. The molecular formula is C12H13N5O2S. The molecule has 0 bridgehead atoms.